The number of aliphatic hydroxyl groups excluding tert-OH is 2. The highest BCUT2D eigenvalue weighted by Gasteiger charge is 2.12. The third kappa shape index (κ3) is 5.99. The van der Waals surface area contributed by atoms with Crippen molar-refractivity contribution in [3.05, 3.63) is 0 Å². The van der Waals surface area contributed by atoms with E-state index in [0.717, 1.165) is 19.4 Å². The molecule has 13 heavy (non-hydrogen) atoms. The van der Waals surface area contributed by atoms with E-state index in [9.17, 15) is 10.2 Å². The average molecular weight is 190 g/mol. The van der Waals surface area contributed by atoms with Crippen LogP contribution in [-0.4, -0.2) is 34.2 Å². The molecule has 2 atom stereocenters. The van der Waals surface area contributed by atoms with Gasteiger partial charge in [0.25, 0.3) is 0 Å². The molecule has 0 saturated carbocycles. The number of nitrogens with one attached hydrogen (secondary N) is 1. The van der Waals surface area contributed by atoms with Crippen LogP contribution in [0.5, 0.6) is 0 Å². The monoisotopic (exact) mass is 190 g/mol. The van der Waals surface area contributed by atoms with Gasteiger partial charge in [-0.25, -0.2) is 10.4 Å². The number of rotatable bonds is 7. The van der Waals surface area contributed by atoms with Crippen LogP contribution in [0.15, 0.2) is 0 Å². The first kappa shape index (κ1) is 12.8. The Labute approximate surface area is 80.5 Å². The zero-order valence-electron chi connectivity index (χ0n) is 8.82. The molecule has 4 nitrogen and oxygen atoms in total. The molecule has 0 aliphatic carbocycles. The Hall–Kier alpha value is -0.160. The van der Waals surface area contributed by atoms with Crippen molar-refractivity contribution in [3.63, 3.8) is 0 Å². The summed E-state index contributed by atoms with van der Waals surface area (Å²) in [4.78, 5) is 0. The molecule has 0 heterocycles. The van der Waals surface area contributed by atoms with Crippen LogP contribution < -0.4 is 5.43 Å². The quantitative estimate of drug-likeness (QED) is 0.408. The van der Waals surface area contributed by atoms with Crippen molar-refractivity contribution in [3.8, 4) is 0 Å². The van der Waals surface area contributed by atoms with Crippen LogP contribution in [0.3, 0.4) is 0 Å². The highest BCUT2D eigenvalue weighted by atomic mass is 16.3. The van der Waals surface area contributed by atoms with Gasteiger partial charge in [-0.15, -0.1) is 0 Å². The fourth-order valence-electron chi connectivity index (χ4n) is 0.970. The molecule has 0 radical (unpaired) electrons. The Kier molecular flexibility index (Phi) is 7.17. The van der Waals surface area contributed by atoms with E-state index in [4.69, 9.17) is 0 Å². The average Bonchev–Trinajstić information content (AvgIpc) is 2.11. The fourth-order valence-corrected chi connectivity index (χ4v) is 0.970. The summed E-state index contributed by atoms with van der Waals surface area (Å²) in [5.41, 5.74) is 2.84. The number of aliphatic hydroxyl groups is 2. The molecule has 0 spiro atoms. The van der Waals surface area contributed by atoms with Gasteiger partial charge in [0.05, 0.1) is 0 Å². The Balaban J connectivity index is 3.79. The van der Waals surface area contributed by atoms with Gasteiger partial charge < -0.3 is 10.2 Å². The van der Waals surface area contributed by atoms with Crippen LogP contribution in [0, 0.1) is 0 Å². The molecule has 0 fully saturated rings. The highest BCUT2D eigenvalue weighted by molar-refractivity contribution is 4.55. The Morgan fingerprint density at radius 1 is 1.31 bits per heavy atom. The number of unbranched alkanes of at least 4 members (excludes halogenated alkanes) is 1. The minimum Gasteiger partial charge on any atom is -0.377 e. The van der Waals surface area contributed by atoms with Gasteiger partial charge in [-0.2, -0.15) is 0 Å². The molecule has 0 aromatic carbocycles. The third-order valence-electron chi connectivity index (χ3n) is 1.91. The number of hydrazine groups is 1. The van der Waals surface area contributed by atoms with E-state index >= 15 is 0 Å². The summed E-state index contributed by atoms with van der Waals surface area (Å²) in [6, 6.07) is 0. The number of hydrogen-bond acceptors (Lipinski definition) is 4. The second-order valence-electron chi connectivity index (χ2n) is 3.23. The van der Waals surface area contributed by atoms with E-state index in [-0.39, 0.29) is 0 Å². The van der Waals surface area contributed by atoms with Crippen LogP contribution in [0.25, 0.3) is 0 Å². The summed E-state index contributed by atoms with van der Waals surface area (Å²) in [6.45, 7) is 6.42. The Morgan fingerprint density at radius 2 is 1.92 bits per heavy atom. The maximum absolute atomic E-state index is 9.34. The van der Waals surface area contributed by atoms with Crippen LogP contribution in [0.4, 0.5) is 0 Å². The maximum Gasteiger partial charge on any atom is 0.117 e. The standard InChI is InChI=1S/C9H22N2O2/c1-4-6-7-11(8(3)12)10-9(13)5-2/h8-10,12-13H,4-7H2,1-3H3. The molecule has 3 N–H and O–H groups in total. The largest absolute Gasteiger partial charge is 0.377 e. The molecule has 0 bridgehead atoms. The van der Waals surface area contributed by atoms with E-state index < -0.39 is 12.5 Å². The van der Waals surface area contributed by atoms with E-state index in [1.54, 1.807) is 11.9 Å². The fraction of sp³-hybridized carbons (Fsp3) is 1.00. The molecule has 0 rings (SSSR count). The lowest BCUT2D eigenvalue weighted by Crippen LogP contribution is -2.49. The van der Waals surface area contributed by atoms with Gasteiger partial charge in [0.1, 0.15) is 12.5 Å². The Morgan fingerprint density at radius 3 is 2.31 bits per heavy atom. The predicted molar refractivity (Wildman–Crippen MR) is 52.7 cm³/mol. The summed E-state index contributed by atoms with van der Waals surface area (Å²) in [7, 11) is 0. The van der Waals surface area contributed by atoms with Crippen LogP contribution >= 0.6 is 0 Å². The summed E-state index contributed by atoms with van der Waals surface area (Å²) < 4.78 is 0. The van der Waals surface area contributed by atoms with Gasteiger partial charge in [0, 0.05) is 6.54 Å². The first-order valence-corrected chi connectivity index (χ1v) is 5.00. The molecule has 0 aliphatic rings. The minimum atomic E-state index is -0.563. The highest BCUT2D eigenvalue weighted by Crippen LogP contribution is 1.98. The summed E-state index contributed by atoms with van der Waals surface area (Å²) in [5, 5.41) is 20.3. The SMILES string of the molecule is CCCCN(NC(O)CC)C(C)O. The van der Waals surface area contributed by atoms with Crippen LogP contribution in [0.1, 0.15) is 40.0 Å². The maximum atomic E-state index is 9.34. The normalized spacial score (nSPS) is 16.2. The zero-order chi connectivity index (χ0) is 10.3. The first-order chi connectivity index (χ1) is 6.11. The second-order valence-corrected chi connectivity index (χ2v) is 3.23. The van der Waals surface area contributed by atoms with Crippen molar-refractivity contribution in [1.29, 1.82) is 0 Å². The summed E-state index contributed by atoms with van der Waals surface area (Å²) in [6.07, 6.45) is 1.59. The van der Waals surface area contributed by atoms with Crippen molar-refractivity contribution in [1.82, 2.24) is 10.4 Å². The topological polar surface area (TPSA) is 55.7 Å². The van der Waals surface area contributed by atoms with Crippen molar-refractivity contribution in [2.45, 2.75) is 52.5 Å². The van der Waals surface area contributed by atoms with E-state index in [1.807, 2.05) is 6.92 Å². The van der Waals surface area contributed by atoms with Crippen molar-refractivity contribution < 1.29 is 10.2 Å². The van der Waals surface area contributed by atoms with Gasteiger partial charge in [-0.05, 0) is 19.8 Å². The van der Waals surface area contributed by atoms with Gasteiger partial charge >= 0.3 is 0 Å². The van der Waals surface area contributed by atoms with Gasteiger partial charge in [0.15, 0.2) is 0 Å². The molecular formula is C9H22N2O2. The first-order valence-electron chi connectivity index (χ1n) is 5.00. The molecule has 0 aromatic rings. The molecule has 4 heteroatoms. The zero-order valence-corrected chi connectivity index (χ0v) is 8.82. The molecule has 2 unspecified atom stereocenters. The molecule has 80 valence electrons. The van der Waals surface area contributed by atoms with Gasteiger partial charge in [-0.1, -0.05) is 20.3 Å². The third-order valence-corrected chi connectivity index (χ3v) is 1.91. The van der Waals surface area contributed by atoms with Crippen molar-refractivity contribution in [2.24, 2.45) is 0 Å². The number of hydrogen-bond donors (Lipinski definition) is 3. The van der Waals surface area contributed by atoms with E-state index in [1.165, 1.54) is 0 Å². The lowest BCUT2D eigenvalue weighted by atomic mass is 10.3. The molecule has 0 saturated heterocycles. The second kappa shape index (κ2) is 7.26. The smallest absolute Gasteiger partial charge is 0.117 e. The van der Waals surface area contributed by atoms with Crippen LogP contribution in [0.2, 0.25) is 0 Å². The summed E-state index contributed by atoms with van der Waals surface area (Å²) in [5.74, 6) is 0. The summed E-state index contributed by atoms with van der Waals surface area (Å²) >= 11 is 0. The minimum absolute atomic E-state index is 0.562. The van der Waals surface area contributed by atoms with Crippen molar-refractivity contribution >= 4 is 0 Å². The molecule has 0 aliphatic heterocycles. The molecule has 0 amide bonds. The molecular weight excluding hydrogens is 168 g/mol. The lowest BCUT2D eigenvalue weighted by molar-refractivity contribution is -0.0667. The predicted octanol–water partition coefficient (Wildman–Crippen LogP) is 0.660. The number of nitrogens with zero attached hydrogens (tertiary/aromatic N) is 1. The van der Waals surface area contributed by atoms with E-state index in [0.29, 0.717) is 6.42 Å². The van der Waals surface area contributed by atoms with Crippen LogP contribution in [-0.2, 0) is 0 Å². The van der Waals surface area contributed by atoms with Gasteiger partial charge in [0.2, 0.25) is 0 Å². The van der Waals surface area contributed by atoms with E-state index in [2.05, 4.69) is 12.3 Å². The van der Waals surface area contributed by atoms with Gasteiger partial charge in [-0.3, -0.25) is 0 Å². The molecule has 0 aromatic heterocycles. The Bertz CT molecular complexity index is 120. The lowest BCUT2D eigenvalue weighted by Gasteiger charge is -2.28. The van der Waals surface area contributed by atoms with Crippen molar-refractivity contribution in [2.75, 3.05) is 6.54 Å².